The third-order valence-electron chi connectivity index (χ3n) is 2.33. The first kappa shape index (κ1) is 12.2. The maximum absolute atomic E-state index is 5.81. The van der Waals surface area contributed by atoms with E-state index in [-0.39, 0.29) is 0 Å². The van der Waals surface area contributed by atoms with Crippen LogP contribution < -0.4 is 4.74 Å². The number of rotatable bonds is 3. The number of pyridine rings is 1. The van der Waals surface area contributed by atoms with E-state index in [0.717, 1.165) is 21.9 Å². The van der Waals surface area contributed by atoms with E-state index >= 15 is 0 Å². The molecule has 0 amide bonds. The number of halogens is 2. The summed E-state index contributed by atoms with van der Waals surface area (Å²) in [6.45, 7) is 2.42. The highest BCUT2D eigenvalue weighted by atomic mass is 35.5. The van der Waals surface area contributed by atoms with Crippen molar-refractivity contribution in [3.63, 3.8) is 0 Å². The largest absolute Gasteiger partial charge is 0.488 e. The van der Waals surface area contributed by atoms with Crippen molar-refractivity contribution in [1.29, 1.82) is 0 Å². The summed E-state index contributed by atoms with van der Waals surface area (Å²) in [5.74, 6) is 0.750. The molecule has 0 spiro atoms. The minimum absolute atomic E-state index is 0.432. The van der Waals surface area contributed by atoms with E-state index in [4.69, 9.17) is 27.9 Å². The molecule has 1 aromatic heterocycles. The van der Waals surface area contributed by atoms with Crippen molar-refractivity contribution in [2.24, 2.45) is 0 Å². The standard InChI is InChI=1S/C13H11Cl2NO/c1-9-7-16-13(15)6-12(9)17-8-10-2-4-11(14)5-3-10/h2-7H,8H2,1H3. The molecule has 88 valence electrons. The van der Waals surface area contributed by atoms with Crippen LogP contribution in [0.1, 0.15) is 11.1 Å². The molecule has 0 aliphatic heterocycles. The second-order valence-electron chi connectivity index (χ2n) is 3.69. The third kappa shape index (κ3) is 3.35. The first-order chi connectivity index (χ1) is 8.15. The van der Waals surface area contributed by atoms with Crippen LogP contribution in [0, 0.1) is 6.92 Å². The molecule has 1 heterocycles. The van der Waals surface area contributed by atoms with Crippen LogP contribution in [-0.2, 0) is 6.61 Å². The lowest BCUT2D eigenvalue weighted by atomic mass is 10.2. The number of nitrogens with zero attached hydrogens (tertiary/aromatic N) is 1. The molecule has 2 aromatic rings. The third-order valence-corrected chi connectivity index (χ3v) is 2.79. The van der Waals surface area contributed by atoms with Gasteiger partial charge in [0.2, 0.25) is 0 Å². The van der Waals surface area contributed by atoms with Crippen molar-refractivity contribution in [1.82, 2.24) is 4.98 Å². The average molecular weight is 268 g/mol. The molecule has 0 N–H and O–H groups in total. The molecular formula is C13H11Cl2NO. The Labute approximate surface area is 110 Å². The summed E-state index contributed by atoms with van der Waals surface area (Å²) >= 11 is 11.6. The lowest BCUT2D eigenvalue weighted by Gasteiger charge is -2.09. The Kier molecular flexibility index (Phi) is 3.87. The summed E-state index contributed by atoms with van der Waals surface area (Å²) < 4.78 is 5.68. The molecule has 2 rings (SSSR count). The number of hydrogen-bond acceptors (Lipinski definition) is 2. The van der Waals surface area contributed by atoms with Crippen LogP contribution in [0.3, 0.4) is 0 Å². The number of hydrogen-bond donors (Lipinski definition) is 0. The van der Waals surface area contributed by atoms with Crippen molar-refractivity contribution in [3.8, 4) is 5.75 Å². The van der Waals surface area contributed by atoms with E-state index in [1.807, 2.05) is 31.2 Å². The van der Waals surface area contributed by atoms with Gasteiger partial charge in [0.25, 0.3) is 0 Å². The van der Waals surface area contributed by atoms with E-state index < -0.39 is 0 Å². The van der Waals surface area contributed by atoms with Crippen LogP contribution in [-0.4, -0.2) is 4.98 Å². The van der Waals surface area contributed by atoms with Gasteiger partial charge in [0.1, 0.15) is 17.5 Å². The predicted octanol–water partition coefficient (Wildman–Crippen LogP) is 4.28. The monoisotopic (exact) mass is 267 g/mol. The number of benzene rings is 1. The van der Waals surface area contributed by atoms with Crippen molar-refractivity contribution in [2.45, 2.75) is 13.5 Å². The Morgan fingerprint density at radius 2 is 1.88 bits per heavy atom. The second kappa shape index (κ2) is 5.39. The summed E-state index contributed by atoms with van der Waals surface area (Å²) in [5, 5.41) is 1.15. The molecule has 0 aliphatic carbocycles. The fourth-order valence-corrected chi connectivity index (χ4v) is 1.65. The van der Waals surface area contributed by atoms with Crippen molar-refractivity contribution < 1.29 is 4.74 Å². The summed E-state index contributed by atoms with van der Waals surface area (Å²) in [4.78, 5) is 3.97. The highest BCUT2D eigenvalue weighted by Crippen LogP contribution is 2.21. The normalized spacial score (nSPS) is 10.3. The van der Waals surface area contributed by atoms with Crippen molar-refractivity contribution in [2.75, 3.05) is 0 Å². The molecule has 2 nitrogen and oxygen atoms in total. The minimum Gasteiger partial charge on any atom is -0.488 e. The Bertz CT molecular complexity index is 511. The van der Waals surface area contributed by atoms with Gasteiger partial charge in [0, 0.05) is 22.8 Å². The van der Waals surface area contributed by atoms with Crippen LogP contribution in [0.5, 0.6) is 5.75 Å². The fourth-order valence-electron chi connectivity index (χ4n) is 1.38. The highest BCUT2D eigenvalue weighted by Gasteiger charge is 2.02. The molecule has 4 heteroatoms. The maximum Gasteiger partial charge on any atom is 0.132 e. The van der Waals surface area contributed by atoms with Gasteiger partial charge in [0.05, 0.1) is 0 Å². The molecule has 0 unspecified atom stereocenters. The van der Waals surface area contributed by atoms with Gasteiger partial charge in [-0.1, -0.05) is 35.3 Å². The quantitative estimate of drug-likeness (QED) is 0.775. The highest BCUT2D eigenvalue weighted by molar-refractivity contribution is 6.30. The van der Waals surface area contributed by atoms with Gasteiger partial charge >= 0.3 is 0 Å². The Morgan fingerprint density at radius 3 is 2.59 bits per heavy atom. The first-order valence-corrected chi connectivity index (χ1v) is 5.90. The Morgan fingerprint density at radius 1 is 1.18 bits per heavy atom. The Hall–Kier alpha value is -1.25. The zero-order chi connectivity index (χ0) is 12.3. The summed E-state index contributed by atoms with van der Waals surface area (Å²) in [6, 6.07) is 9.26. The summed E-state index contributed by atoms with van der Waals surface area (Å²) in [7, 11) is 0. The SMILES string of the molecule is Cc1cnc(Cl)cc1OCc1ccc(Cl)cc1. The smallest absolute Gasteiger partial charge is 0.132 e. The van der Waals surface area contributed by atoms with Crippen LogP contribution in [0.4, 0.5) is 0 Å². The lowest BCUT2D eigenvalue weighted by Crippen LogP contribution is -1.97. The van der Waals surface area contributed by atoms with Crippen LogP contribution in [0.15, 0.2) is 36.5 Å². The van der Waals surface area contributed by atoms with Crippen molar-refractivity contribution in [3.05, 3.63) is 57.8 Å². The summed E-state index contributed by atoms with van der Waals surface area (Å²) in [5.41, 5.74) is 2.02. The Balaban J connectivity index is 2.07. The number of aryl methyl sites for hydroxylation is 1. The molecule has 0 saturated heterocycles. The molecule has 1 aromatic carbocycles. The van der Waals surface area contributed by atoms with Crippen LogP contribution >= 0.6 is 23.2 Å². The fraction of sp³-hybridized carbons (Fsp3) is 0.154. The van der Waals surface area contributed by atoms with Gasteiger partial charge in [0.15, 0.2) is 0 Å². The van der Waals surface area contributed by atoms with E-state index in [0.29, 0.717) is 11.8 Å². The molecule has 0 atom stereocenters. The van der Waals surface area contributed by atoms with E-state index in [9.17, 15) is 0 Å². The molecule has 0 aliphatic rings. The molecule has 0 fully saturated rings. The zero-order valence-electron chi connectivity index (χ0n) is 9.28. The first-order valence-electron chi connectivity index (χ1n) is 5.14. The van der Waals surface area contributed by atoms with E-state index in [1.165, 1.54) is 0 Å². The molecule has 0 bridgehead atoms. The average Bonchev–Trinajstić information content (AvgIpc) is 2.32. The van der Waals surface area contributed by atoms with Gasteiger partial charge in [-0.25, -0.2) is 4.98 Å². The summed E-state index contributed by atoms with van der Waals surface area (Å²) in [6.07, 6.45) is 1.69. The zero-order valence-corrected chi connectivity index (χ0v) is 10.8. The molecule has 0 radical (unpaired) electrons. The van der Waals surface area contributed by atoms with Gasteiger partial charge < -0.3 is 4.74 Å². The molecule has 17 heavy (non-hydrogen) atoms. The number of aromatic nitrogens is 1. The van der Waals surface area contributed by atoms with Crippen LogP contribution in [0.2, 0.25) is 10.2 Å². The maximum atomic E-state index is 5.81. The van der Waals surface area contributed by atoms with Gasteiger partial charge in [-0.3, -0.25) is 0 Å². The van der Waals surface area contributed by atoms with Crippen LogP contribution in [0.25, 0.3) is 0 Å². The van der Waals surface area contributed by atoms with Crippen molar-refractivity contribution >= 4 is 23.2 Å². The van der Waals surface area contributed by atoms with Gasteiger partial charge in [-0.05, 0) is 24.6 Å². The predicted molar refractivity (Wildman–Crippen MR) is 69.8 cm³/mol. The van der Waals surface area contributed by atoms with Gasteiger partial charge in [-0.2, -0.15) is 0 Å². The molecule has 0 saturated carbocycles. The number of ether oxygens (including phenoxy) is 1. The lowest BCUT2D eigenvalue weighted by molar-refractivity contribution is 0.304. The minimum atomic E-state index is 0.432. The van der Waals surface area contributed by atoms with E-state index in [2.05, 4.69) is 4.98 Å². The van der Waals surface area contributed by atoms with Gasteiger partial charge in [-0.15, -0.1) is 0 Å². The van der Waals surface area contributed by atoms with E-state index in [1.54, 1.807) is 12.3 Å². The topological polar surface area (TPSA) is 22.1 Å². The second-order valence-corrected chi connectivity index (χ2v) is 4.51. The molecular weight excluding hydrogens is 257 g/mol.